The highest BCUT2D eigenvalue weighted by Gasteiger charge is 2.32. The molecule has 9 nitrogen and oxygen atoms in total. The number of hydrogen-bond donors (Lipinski definition) is 1. The second-order valence-electron chi connectivity index (χ2n) is 6.87. The molecular formula is C20H25N3O6. The normalized spacial score (nSPS) is 14.7. The summed E-state index contributed by atoms with van der Waals surface area (Å²) >= 11 is 0. The zero-order chi connectivity index (χ0) is 21.4. The van der Waals surface area contributed by atoms with Crippen LogP contribution in [0.2, 0.25) is 0 Å². The maximum absolute atomic E-state index is 12.0. The number of ether oxygens (including phenoxy) is 1. The molecule has 2 rings (SSSR count). The highest BCUT2D eigenvalue weighted by atomic mass is 16.5. The van der Waals surface area contributed by atoms with E-state index in [9.17, 15) is 24.0 Å². The summed E-state index contributed by atoms with van der Waals surface area (Å²) < 4.78 is 4.91. The molecule has 0 bridgehead atoms. The van der Waals surface area contributed by atoms with Crippen molar-refractivity contribution in [2.24, 2.45) is 0 Å². The summed E-state index contributed by atoms with van der Waals surface area (Å²) in [6.45, 7) is 1.04. The number of carbonyl (C=O) groups excluding carboxylic acids is 5. The average molecular weight is 403 g/mol. The number of imide groups is 1. The summed E-state index contributed by atoms with van der Waals surface area (Å²) in [5.41, 5.74) is 0.904. The number of nitrogens with zero attached hydrogens (tertiary/aromatic N) is 2. The summed E-state index contributed by atoms with van der Waals surface area (Å²) in [5.74, 6) is -1.69. The van der Waals surface area contributed by atoms with Crippen molar-refractivity contribution in [1.82, 2.24) is 15.1 Å². The molecule has 1 heterocycles. The molecule has 1 atom stereocenters. The molecule has 156 valence electrons. The van der Waals surface area contributed by atoms with Crippen LogP contribution in [-0.4, -0.2) is 72.2 Å². The monoisotopic (exact) mass is 403 g/mol. The Morgan fingerprint density at radius 2 is 1.86 bits per heavy atom. The zero-order valence-electron chi connectivity index (χ0n) is 16.6. The minimum atomic E-state index is -0.701. The SMILES string of the molecule is CC(=O)[C@H](Cc1ccccc1)NC(=O)COC(=O)CCCN1C(=O)CN(C)C1=O. The van der Waals surface area contributed by atoms with Gasteiger partial charge in [-0.15, -0.1) is 0 Å². The number of rotatable bonds is 10. The lowest BCUT2D eigenvalue weighted by atomic mass is 10.0. The van der Waals surface area contributed by atoms with Crippen LogP contribution in [0, 0.1) is 0 Å². The van der Waals surface area contributed by atoms with Crippen molar-refractivity contribution in [2.75, 3.05) is 26.7 Å². The largest absolute Gasteiger partial charge is 0.456 e. The van der Waals surface area contributed by atoms with E-state index < -0.39 is 30.6 Å². The molecular weight excluding hydrogens is 378 g/mol. The van der Waals surface area contributed by atoms with E-state index >= 15 is 0 Å². The number of carbonyl (C=O) groups is 5. The van der Waals surface area contributed by atoms with Crippen LogP contribution in [0.25, 0.3) is 0 Å². The Bertz CT molecular complexity index is 780. The van der Waals surface area contributed by atoms with Gasteiger partial charge in [-0.3, -0.25) is 24.1 Å². The maximum atomic E-state index is 12.0. The molecule has 29 heavy (non-hydrogen) atoms. The molecule has 0 radical (unpaired) electrons. The quantitative estimate of drug-likeness (QED) is 0.450. The highest BCUT2D eigenvalue weighted by molar-refractivity contribution is 6.01. The van der Waals surface area contributed by atoms with Crippen molar-refractivity contribution in [2.45, 2.75) is 32.2 Å². The van der Waals surface area contributed by atoms with Gasteiger partial charge in [-0.1, -0.05) is 30.3 Å². The molecule has 4 amide bonds. The van der Waals surface area contributed by atoms with Crippen LogP contribution in [0.1, 0.15) is 25.3 Å². The van der Waals surface area contributed by atoms with Gasteiger partial charge in [0, 0.05) is 20.0 Å². The highest BCUT2D eigenvalue weighted by Crippen LogP contribution is 2.09. The Hall–Kier alpha value is -3.23. The zero-order valence-corrected chi connectivity index (χ0v) is 16.6. The lowest BCUT2D eigenvalue weighted by Crippen LogP contribution is -2.43. The van der Waals surface area contributed by atoms with Gasteiger partial charge in [0.15, 0.2) is 12.4 Å². The number of hydrogen-bond acceptors (Lipinski definition) is 6. The topological polar surface area (TPSA) is 113 Å². The van der Waals surface area contributed by atoms with Gasteiger partial charge in [0.2, 0.25) is 5.91 Å². The number of Topliss-reactive ketones (excluding diaryl/α,β-unsaturated/α-hetero) is 1. The van der Waals surface area contributed by atoms with Crippen LogP contribution in [0.4, 0.5) is 4.79 Å². The van der Waals surface area contributed by atoms with E-state index in [1.165, 1.54) is 18.9 Å². The average Bonchev–Trinajstić information content (AvgIpc) is 2.92. The minimum absolute atomic E-state index is 0.0315. The van der Waals surface area contributed by atoms with E-state index in [-0.39, 0.29) is 37.6 Å². The number of esters is 1. The molecule has 0 spiro atoms. The summed E-state index contributed by atoms with van der Waals surface area (Å²) in [6.07, 6.45) is 0.562. The van der Waals surface area contributed by atoms with Gasteiger partial charge in [-0.25, -0.2) is 4.79 Å². The lowest BCUT2D eigenvalue weighted by molar-refractivity contribution is -0.149. The molecule has 1 aromatic carbocycles. The fourth-order valence-corrected chi connectivity index (χ4v) is 2.87. The van der Waals surface area contributed by atoms with Crippen molar-refractivity contribution in [3.05, 3.63) is 35.9 Å². The van der Waals surface area contributed by atoms with Gasteiger partial charge in [-0.05, 0) is 25.3 Å². The predicted molar refractivity (Wildman–Crippen MR) is 103 cm³/mol. The summed E-state index contributed by atoms with van der Waals surface area (Å²) in [7, 11) is 1.53. The van der Waals surface area contributed by atoms with Crippen molar-refractivity contribution < 1.29 is 28.7 Å². The first-order valence-electron chi connectivity index (χ1n) is 9.32. The number of likely N-dealkylation sites (N-methyl/N-ethyl adjacent to an activating group) is 1. The molecule has 0 aliphatic carbocycles. The van der Waals surface area contributed by atoms with Crippen LogP contribution < -0.4 is 5.32 Å². The summed E-state index contributed by atoms with van der Waals surface area (Å²) in [6, 6.07) is 8.17. The molecule has 1 fully saturated rings. The Labute approximate surface area is 169 Å². The first kappa shape index (κ1) is 22.1. The van der Waals surface area contributed by atoms with Crippen LogP contribution >= 0.6 is 0 Å². The van der Waals surface area contributed by atoms with Crippen LogP contribution in [-0.2, 0) is 30.3 Å². The first-order chi connectivity index (χ1) is 13.8. The molecule has 0 unspecified atom stereocenters. The third-order valence-electron chi connectivity index (χ3n) is 4.47. The molecule has 1 aliphatic rings. The van der Waals surface area contributed by atoms with Gasteiger partial charge in [0.25, 0.3) is 5.91 Å². The molecule has 0 saturated carbocycles. The third-order valence-corrected chi connectivity index (χ3v) is 4.47. The molecule has 1 aromatic rings. The van der Waals surface area contributed by atoms with E-state index in [0.717, 1.165) is 10.5 Å². The lowest BCUT2D eigenvalue weighted by Gasteiger charge is -2.16. The fraction of sp³-hybridized carbons (Fsp3) is 0.450. The first-order valence-corrected chi connectivity index (χ1v) is 9.32. The second-order valence-corrected chi connectivity index (χ2v) is 6.87. The van der Waals surface area contributed by atoms with Crippen molar-refractivity contribution in [3.63, 3.8) is 0 Å². The number of urea groups is 1. The molecule has 0 aromatic heterocycles. The number of nitrogens with one attached hydrogen (secondary N) is 1. The fourth-order valence-electron chi connectivity index (χ4n) is 2.87. The number of ketones is 1. The van der Waals surface area contributed by atoms with Gasteiger partial charge < -0.3 is 15.0 Å². The minimum Gasteiger partial charge on any atom is -0.456 e. The molecule has 1 saturated heterocycles. The molecule has 9 heteroatoms. The van der Waals surface area contributed by atoms with E-state index in [1.54, 1.807) is 0 Å². The third kappa shape index (κ3) is 6.70. The van der Waals surface area contributed by atoms with E-state index in [0.29, 0.717) is 6.42 Å². The van der Waals surface area contributed by atoms with Crippen LogP contribution in [0.3, 0.4) is 0 Å². The predicted octanol–water partition coefficient (Wildman–Crippen LogP) is 0.520. The second kappa shape index (κ2) is 10.4. The Kier molecular flexibility index (Phi) is 7.88. The van der Waals surface area contributed by atoms with Gasteiger partial charge in [-0.2, -0.15) is 0 Å². The van der Waals surface area contributed by atoms with Crippen LogP contribution in [0.5, 0.6) is 0 Å². The van der Waals surface area contributed by atoms with Gasteiger partial charge in [0.1, 0.15) is 6.54 Å². The van der Waals surface area contributed by atoms with Crippen molar-refractivity contribution in [3.8, 4) is 0 Å². The smallest absolute Gasteiger partial charge is 0.326 e. The van der Waals surface area contributed by atoms with E-state index in [4.69, 9.17) is 4.74 Å². The van der Waals surface area contributed by atoms with E-state index in [2.05, 4.69) is 5.32 Å². The standard InChI is InChI=1S/C20H25N3O6/c1-14(24)16(11-15-7-4-3-5-8-15)21-17(25)13-29-19(27)9-6-10-23-18(26)12-22(2)20(23)28/h3-5,7-8,16H,6,9-13H2,1-2H3,(H,21,25)/t16-/m0/s1. The summed E-state index contributed by atoms with van der Waals surface area (Å²) in [5, 5.41) is 2.57. The van der Waals surface area contributed by atoms with Crippen molar-refractivity contribution in [1.29, 1.82) is 0 Å². The number of benzene rings is 1. The molecule has 1 aliphatic heterocycles. The van der Waals surface area contributed by atoms with Gasteiger partial charge in [0.05, 0.1) is 6.04 Å². The van der Waals surface area contributed by atoms with Gasteiger partial charge >= 0.3 is 12.0 Å². The van der Waals surface area contributed by atoms with Crippen LogP contribution in [0.15, 0.2) is 30.3 Å². The molecule has 1 N–H and O–H groups in total. The number of amides is 4. The van der Waals surface area contributed by atoms with E-state index in [1.807, 2.05) is 30.3 Å². The maximum Gasteiger partial charge on any atom is 0.326 e. The summed E-state index contributed by atoms with van der Waals surface area (Å²) in [4.78, 5) is 61.3. The van der Waals surface area contributed by atoms with Crippen molar-refractivity contribution >= 4 is 29.6 Å². The Balaban J connectivity index is 1.70. The Morgan fingerprint density at radius 1 is 1.17 bits per heavy atom. The Morgan fingerprint density at radius 3 is 2.45 bits per heavy atom.